The molecule has 33 heavy (non-hydrogen) atoms. The molecule has 1 aliphatic heterocycles. The number of carbonyl (C=O) groups excluding carboxylic acids is 1. The number of aliphatic imine (C=N–C) groups is 1. The van der Waals surface area contributed by atoms with Crippen LogP contribution in [0, 0.1) is 0 Å². The van der Waals surface area contributed by atoms with Crippen LogP contribution in [-0.4, -0.2) is 53.1 Å². The predicted molar refractivity (Wildman–Crippen MR) is 117 cm³/mol. The van der Waals surface area contributed by atoms with Crippen molar-refractivity contribution in [3.8, 4) is 11.5 Å². The molecule has 1 atom stereocenters. The molecule has 1 heterocycles. The van der Waals surface area contributed by atoms with Gasteiger partial charge in [-0.05, 0) is 42.3 Å². The Morgan fingerprint density at radius 1 is 1.18 bits per heavy atom. The highest BCUT2D eigenvalue weighted by Crippen LogP contribution is 2.34. The van der Waals surface area contributed by atoms with Gasteiger partial charge < -0.3 is 14.6 Å². The van der Waals surface area contributed by atoms with E-state index in [1.807, 2.05) is 0 Å². The van der Waals surface area contributed by atoms with Crippen LogP contribution < -0.4 is 9.47 Å². The molecule has 0 saturated carbocycles. The van der Waals surface area contributed by atoms with Crippen LogP contribution in [0.2, 0.25) is 0 Å². The Morgan fingerprint density at radius 2 is 1.91 bits per heavy atom. The van der Waals surface area contributed by atoms with Crippen LogP contribution in [0.5, 0.6) is 11.5 Å². The minimum absolute atomic E-state index is 0.0257. The number of halogens is 3. The number of hydrogen-bond acceptors (Lipinski definition) is 6. The fraction of sp³-hybridized carbons (Fsp3) is 0.318. The number of amidine groups is 1. The molecule has 2 aromatic carbocycles. The molecular formula is C22H21F3N2O5S. The number of nitrogens with zero attached hydrogens (tertiary/aromatic N) is 2. The molecule has 0 aliphatic carbocycles. The maximum Gasteiger partial charge on any atom is 0.416 e. The maximum atomic E-state index is 13.1. The largest absolute Gasteiger partial charge is 0.493 e. The van der Waals surface area contributed by atoms with Gasteiger partial charge in [-0.15, -0.1) is 0 Å². The molecule has 3 rings (SSSR count). The third-order valence-corrected chi connectivity index (χ3v) is 6.06. The van der Waals surface area contributed by atoms with E-state index in [1.165, 1.54) is 31.3 Å². The van der Waals surface area contributed by atoms with Crippen molar-refractivity contribution < 1.29 is 37.3 Å². The molecule has 0 aromatic heterocycles. The lowest BCUT2D eigenvalue weighted by Crippen LogP contribution is -2.44. The van der Waals surface area contributed by atoms with E-state index in [1.54, 1.807) is 18.2 Å². The van der Waals surface area contributed by atoms with Crippen molar-refractivity contribution in [3.63, 3.8) is 0 Å². The Balaban J connectivity index is 1.89. The molecule has 1 aliphatic rings. The smallest absolute Gasteiger partial charge is 0.416 e. The van der Waals surface area contributed by atoms with Gasteiger partial charge in [-0.2, -0.15) is 13.2 Å². The van der Waals surface area contributed by atoms with Crippen molar-refractivity contribution in [2.24, 2.45) is 4.99 Å². The number of carboxylic acid groups (broad SMARTS) is 1. The molecule has 1 unspecified atom stereocenters. The van der Waals surface area contributed by atoms with E-state index in [0.717, 1.165) is 29.5 Å². The summed E-state index contributed by atoms with van der Waals surface area (Å²) in [4.78, 5) is 29.7. The average molecular weight is 482 g/mol. The van der Waals surface area contributed by atoms with Crippen LogP contribution in [0.15, 0.2) is 47.5 Å². The lowest BCUT2D eigenvalue weighted by Gasteiger charge is -2.30. The second-order valence-corrected chi connectivity index (χ2v) is 8.25. The van der Waals surface area contributed by atoms with Crippen molar-refractivity contribution in [1.82, 2.24) is 4.90 Å². The van der Waals surface area contributed by atoms with Gasteiger partial charge in [0.2, 0.25) is 5.91 Å². The Labute approximate surface area is 192 Å². The Morgan fingerprint density at radius 3 is 2.55 bits per heavy atom. The van der Waals surface area contributed by atoms with Crippen LogP contribution in [0.4, 0.5) is 18.9 Å². The van der Waals surface area contributed by atoms with Gasteiger partial charge in [-0.25, -0.2) is 4.99 Å². The van der Waals surface area contributed by atoms with Crippen molar-refractivity contribution >= 4 is 34.5 Å². The first-order valence-electron chi connectivity index (χ1n) is 9.79. The minimum atomic E-state index is -4.55. The normalized spacial score (nSPS) is 17.8. The molecular weight excluding hydrogens is 461 g/mol. The summed E-state index contributed by atoms with van der Waals surface area (Å²) in [6, 6.07) is 9.62. The van der Waals surface area contributed by atoms with E-state index in [9.17, 15) is 27.9 Å². The van der Waals surface area contributed by atoms with E-state index < -0.39 is 28.9 Å². The molecule has 1 amide bonds. The number of hydrogen-bond donors (Lipinski definition) is 1. The van der Waals surface area contributed by atoms with Gasteiger partial charge in [0.1, 0.15) is 5.25 Å². The quantitative estimate of drug-likeness (QED) is 0.631. The van der Waals surface area contributed by atoms with E-state index in [4.69, 9.17) is 9.47 Å². The standard InChI is InChI=1S/C22H21F3N2O5S/c1-31-16-7-6-13(10-17(16)32-2)8-9-27-19(28)12-18(20(29)30)33-21(27)26-15-5-3-4-14(11-15)22(23,24)25/h3-7,10-11,18H,8-9,12H2,1-2H3,(H,29,30). The molecule has 1 N–H and O–H groups in total. The summed E-state index contributed by atoms with van der Waals surface area (Å²) in [5.74, 6) is -0.600. The van der Waals surface area contributed by atoms with Crippen molar-refractivity contribution in [2.45, 2.75) is 24.3 Å². The Hall–Kier alpha value is -3.21. The maximum absolute atomic E-state index is 13.1. The van der Waals surface area contributed by atoms with Crippen molar-refractivity contribution in [1.29, 1.82) is 0 Å². The van der Waals surface area contributed by atoms with E-state index >= 15 is 0 Å². The second kappa shape index (κ2) is 10.2. The topological polar surface area (TPSA) is 88.4 Å². The van der Waals surface area contributed by atoms with E-state index in [-0.39, 0.29) is 23.8 Å². The van der Waals surface area contributed by atoms with Crippen molar-refractivity contribution in [3.05, 3.63) is 53.6 Å². The molecule has 2 aromatic rings. The summed E-state index contributed by atoms with van der Waals surface area (Å²) in [6.45, 7) is 0.158. The number of methoxy groups -OCH3 is 2. The van der Waals surface area contributed by atoms with E-state index in [2.05, 4.69) is 4.99 Å². The summed E-state index contributed by atoms with van der Waals surface area (Å²) in [5, 5.41) is 8.34. The SMILES string of the molecule is COc1ccc(CCN2C(=O)CC(C(=O)O)SC2=Nc2cccc(C(F)(F)F)c2)cc1OC. The van der Waals surface area contributed by atoms with Gasteiger partial charge >= 0.3 is 12.1 Å². The lowest BCUT2D eigenvalue weighted by atomic mass is 10.1. The van der Waals surface area contributed by atoms with Crippen LogP contribution in [-0.2, 0) is 22.2 Å². The zero-order valence-corrected chi connectivity index (χ0v) is 18.6. The highest BCUT2D eigenvalue weighted by atomic mass is 32.2. The number of thioether (sulfide) groups is 1. The molecule has 11 heteroatoms. The number of benzene rings is 2. The summed E-state index contributed by atoms with van der Waals surface area (Å²) in [7, 11) is 3.01. The Bertz CT molecular complexity index is 1070. The van der Waals surface area contributed by atoms with Crippen LogP contribution in [0.25, 0.3) is 0 Å². The second-order valence-electron chi connectivity index (χ2n) is 7.08. The first kappa shape index (κ1) is 24.4. The predicted octanol–water partition coefficient (Wildman–Crippen LogP) is 4.37. The monoisotopic (exact) mass is 482 g/mol. The molecule has 1 saturated heterocycles. The highest BCUT2D eigenvalue weighted by Gasteiger charge is 2.36. The highest BCUT2D eigenvalue weighted by molar-refractivity contribution is 8.15. The van der Waals surface area contributed by atoms with E-state index in [0.29, 0.717) is 17.9 Å². The summed E-state index contributed by atoms with van der Waals surface area (Å²) >= 11 is 0.838. The third-order valence-electron chi connectivity index (χ3n) is 4.89. The molecule has 0 radical (unpaired) electrons. The van der Waals surface area contributed by atoms with Gasteiger partial charge in [0, 0.05) is 6.54 Å². The van der Waals surface area contributed by atoms with Gasteiger partial charge in [0.05, 0.1) is 31.9 Å². The summed E-state index contributed by atoms with van der Waals surface area (Å²) in [5.41, 5.74) is -0.0883. The zero-order valence-electron chi connectivity index (χ0n) is 17.8. The number of aliphatic carboxylic acids is 1. The number of carboxylic acids is 1. The first-order valence-corrected chi connectivity index (χ1v) is 10.7. The van der Waals surface area contributed by atoms with Gasteiger partial charge in [-0.1, -0.05) is 23.9 Å². The number of alkyl halides is 3. The summed E-state index contributed by atoms with van der Waals surface area (Å²) in [6.07, 6.45) is -4.41. The molecule has 0 bridgehead atoms. The Kier molecular flexibility index (Phi) is 7.52. The lowest BCUT2D eigenvalue weighted by molar-refractivity contribution is -0.139. The summed E-state index contributed by atoms with van der Waals surface area (Å²) < 4.78 is 49.7. The zero-order chi connectivity index (χ0) is 24.2. The minimum Gasteiger partial charge on any atom is -0.493 e. The van der Waals surface area contributed by atoms with Crippen LogP contribution in [0.1, 0.15) is 17.5 Å². The fourth-order valence-electron chi connectivity index (χ4n) is 3.19. The van der Waals surface area contributed by atoms with Gasteiger partial charge in [0.25, 0.3) is 0 Å². The molecule has 7 nitrogen and oxygen atoms in total. The number of rotatable bonds is 7. The van der Waals surface area contributed by atoms with Gasteiger partial charge in [0.15, 0.2) is 16.7 Å². The van der Waals surface area contributed by atoms with Gasteiger partial charge in [-0.3, -0.25) is 14.5 Å². The molecule has 1 fully saturated rings. The average Bonchev–Trinajstić information content (AvgIpc) is 2.77. The fourth-order valence-corrected chi connectivity index (χ4v) is 4.25. The number of amides is 1. The third kappa shape index (κ3) is 5.98. The van der Waals surface area contributed by atoms with Crippen LogP contribution in [0.3, 0.4) is 0 Å². The first-order chi connectivity index (χ1) is 15.6. The number of ether oxygens (including phenoxy) is 2. The van der Waals surface area contributed by atoms with Crippen molar-refractivity contribution in [2.75, 3.05) is 20.8 Å². The molecule has 176 valence electrons. The van der Waals surface area contributed by atoms with Crippen LogP contribution >= 0.6 is 11.8 Å². The molecule has 0 spiro atoms. The number of carbonyl (C=O) groups is 2.